The normalized spacial score (nSPS) is 10.8. The molecule has 1 aromatic heterocycles. The largest absolute Gasteiger partial charge is 0.306 e. The van der Waals surface area contributed by atoms with E-state index in [1.54, 1.807) is 7.05 Å². The number of aryl methyl sites for hydroxylation is 1. The van der Waals surface area contributed by atoms with E-state index in [0.717, 1.165) is 15.1 Å². The molecule has 0 saturated carbocycles. The lowest BCUT2D eigenvalue weighted by atomic mass is 10.2. The van der Waals surface area contributed by atoms with Crippen LogP contribution in [0.25, 0.3) is 0 Å². The van der Waals surface area contributed by atoms with E-state index in [1.807, 2.05) is 18.2 Å². The van der Waals surface area contributed by atoms with Gasteiger partial charge in [0.15, 0.2) is 5.82 Å². The highest BCUT2D eigenvalue weighted by atomic mass is 79.9. The maximum absolute atomic E-state index is 6.10. The molecule has 2 aromatic rings. The molecule has 0 saturated heterocycles. The molecule has 1 N–H and O–H groups in total. The molecule has 0 atom stereocenters. The van der Waals surface area contributed by atoms with Gasteiger partial charge in [0.25, 0.3) is 0 Å². The van der Waals surface area contributed by atoms with Gasteiger partial charge in [-0.2, -0.15) is 4.80 Å². The fourth-order valence-electron chi connectivity index (χ4n) is 1.39. The standard InChI is InChI=1S/C10H11BrClN5/c1-17-15-10(14-16-17)6-13-5-7-8(11)3-2-4-9(7)12/h2-4,13H,5-6H2,1H3. The average molecular weight is 317 g/mol. The molecule has 0 spiro atoms. The second-order valence-corrected chi connectivity index (χ2v) is 4.76. The Bertz CT molecular complexity index is 493. The molecule has 0 fully saturated rings. The van der Waals surface area contributed by atoms with Crippen LogP contribution < -0.4 is 5.32 Å². The molecule has 2 rings (SSSR count). The third-order valence-electron chi connectivity index (χ3n) is 2.20. The molecule has 5 nitrogen and oxygen atoms in total. The van der Waals surface area contributed by atoms with Crippen molar-refractivity contribution in [3.63, 3.8) is 0 Å². The number of nitrogens with zero attached hydrogens (tertiary/aromatic N) is 4. The van der Waals surface area contributed by atoms with Gasteiger partial charge in [-0.3, -0.25) is 0 Å². The number of nitrogens with one attached hydrogen (secondary N) is 1. The van der Waals surface area contributed by atoms with E-state index in [2.05, 4.69) is 36.7 Å². The van der Waals surface area contributed by atoms with Gasteiger partial charge in [-0.05, 0) is 22.9 Å². The molecule has 7 heteroatoms. The predicted molar refractivity (Wildman–Crippen MR) is 68.5 cm³/mol. The van der Waals surface area contributed by atoms with E-state index in [4.69, 9.17) is 11.6 Å². The van der Waals surface area contributed by atoms with Gasteiger partial charge in [0.2, 0.25) is 0 Å². The molecule has 90 valence electrons. The Labute approximate surface area is 112 Å². The summed E-state index contributed by atoms with van der Waals surface area (Å²) in [4.78, 5) is 1.43. The molecular weight excluding hydrogens is 306 g/mol. The fourth-order valence-corrected chi connectivity index (χ4v) is 2.26. The lowest BCUT2D eigenvalue weighted by Gasteiger charge is -2.07. The van der Waals surface area contributed by atoms with Crippen LogP contribution in [0.3, 0.4) is 0 Å². The van der Waals surface area contributed by atoms with Crippen molar-refractivity contribution in [1.29, 1.82) is 0 Å². The van der Waals surface area contributed by atoms with Gasteiger partial charge in [-0.1, -0.05) is 33.6 Å². The van der Waals surface area contributed by atoms with Crippen LogP contribution in [-0.2, 0) is 20.1 Å². The summed E-state index contributed by atoms with van der Waals surface area (Å²) < 4.78 is 0.990. The van der Waals surface area contributed by atoms with Gasteiger partial charge in [-0.25, -0.2) is 0 Å². The van der Waals surface area contributed by atoms with Crippen LogP contribution in [0.15, 0.2) is 22.7 Å². The van der Waals surface area contributed by atoms with Gasteiger partial charge in [0.05, 0.1) is 13.6 Å². The van der Waals surface area contributed by atoms with Gasteiger partial charge < -0.3 is 5.32 Å². The van der Waals surface area contributed by atoms with E-state index < -0.39 is 0 Å². The first-order valence-electron chi connectivity index (χ1n) is 5.03. The van der Waals surface area contributed by atoms with Crippen molar-refractivity contribution in [2.45, 2.75) is 13.1 Å². The molecule has 0 unspecified atom stereocenters. The number of hydrogen-bond donors (Lipinski definition) is 1. The lowest BCUT2D eigenvalue weighted by Crippen LogP contribution is -2.14. The van der Waals surface area contributed by atoms with Crippen molar-refractivity contribution < 1.29 is 0 Å². The fraction of sp³-hybridized carbons (Fsp3) is 0.300. The van der Waals surface area contributed by atoms with Crippen LogP contribution in [-0.4, -0.2) is 20.2 Å². The smallest absolute Gasteiger partial charge is 0.188 e. The van der Waals surface area contributed by atoms with E-state index in [0.29, 0.717) is 18.9 Å². The van der Waals surface area contributed by atoms with Crippen molar-refractivity contribution in [2.24, 2.45) is 7.05 Å². The summed E-state index contributed by atoms with van der Waals surface area (Å²) in [6.45, 7) is 1.21. The molecule has 0 amide bonds. The van der Waals surface area contributed by atoms with E-state index in [1.165, 1.54) is 4.80 Å². The van der Waals surface area contributed by atoms with Gasteiger partial charge in [-0.15, -0.1) is 10.2 Å². The van der Waals surface area contributed by atoms with E-state index in [-0.39, 0.29) is 0 Å². The Balaban J connectivity index is 1.94. The summed E-state index contributed by atoms with van der Waals surface area (Å²) in [5.41, 5.74) is 1.03. The van der Waals surface area contributed by atoms with E-state index in [9.17, 15) is 0 Å². The van der Waals surface area contributed by atoms with Crippen LogP contribution in [0.2, 0.25) is 5.02 Å². The Hall–Kier alpha value is -0.980. The highest BCUT2D eigenvalue weighted by molar-refractivity contribution is 9.10. The first kappa shape index (κ1) is 12.5. The van der Waals surface area contributed by atoms with Gasteiger partial charge in [0, 0.05) is 16.0 Å². The number of aromatic nitrogens is 4. The van der Waals surface area contributed by atoms with Crippen molar-refractivity contribution >= 4 is 27.5 Å². The topological polar surface area (TPSA) is 55.6 Å². The van der Waals surface area contributed by atoms with Gasteiger partial charge >= 0.3 is 0 Å². The molecule has 0 aliphatic carbocycles. The third-order valence-corrected chi connectivity index (χ3v) is 3.29. The van der Waals surface area contributed by atoms with Crippen LogP contribution in [0.1, 0.15) is 11.4 Å². The minimum absolute atomic E-state index is 0.561. The molecule has 0 bridgehead atoms. The second-order valence-electron chi connectivity index (χ2n) is 3.50. The van der Waals surface area contributed by atoms with Crippen molar-refractivity contribution in [1.82, 2.24) is 25.5 Å². The quantitative estimate of drug-likeness (QED) is 0.936. The SMILES string of the molecule is Cn1nnc(CNCc2c(Cl)cccc2Br)n1. The minimum Gasteiger partial charge on any atom is -0.306 e. The molecular formula is C10H11BrClN5. The summed E-state index contributed by atoms with van der Waals surface area (Å²) in [6, 6.07) is 5.73. The Morgan fingerprint density at radius 2 is 2.24 bits per heavy atom. The predicted octanol–water partition coefficient (Wildman–Crippen LogP) is 1.92. The Morgan fingerprint density at radius 1 is 1.41 bits per heavy atom. The molecule has 0 aliphatic rings. The summed E-state index contributed by atoms with van der Waals surface area (Å²) in [7, 11) is 1.74. The van der Waals surface area contributed by atoms with Gasteiger partial charge in [0.1, 0.15) is 0 Å². The second kappa shape index (κ2) is 5.57. The van der Waals surface area contributed by atoms with Crippen LogP contribution in [0, 0.1) is 0 Å². The lowest BCUT2D eigenvalue weighted by molar-refractivity contribution is 0.619. The Kier molecular flexibility index (Phi) is 4.09. The Morgan fingerprint density at radius 3 is 2.88 bits per heavy atom. The number of halogens is 2. The van der Waals surface area contributed by atoms with E-state index >= 15 is 0 Å². The minimum atomic E-state index is 0.561. The third kappa shape index (κ3) is 3.24. The summed E-state index contributed by atoms with van der Waals surface area (Å²) in [5.74, 6) is 0.663. The van der Waals surface area contributed by atoms with Crippen LogP contribution >= 0.6 is 27.5 Å². The molecule has 1 aromatic carbocycles. The van der Waals surface area contributed by atoms with Crippen LogP contribution in [0.5, 0.6) is 0 Å². The van der Waals surface area contributed by atoms with Crippen LogP contribution in [0.4, 0.5) is 0 Å². The maximum Gasteiger partial charge on any atom is 0.188 e. The maximum atomic E-state index is 6.10. The number of tetrazole rings is 1. The zero-order chi connectivity index (χ0) is 12.3. The molecule has 0 aliphatic heterocycles. The summed E-state index contributed by atoms with van der Waals surface area (Å²) in [6.07, 6.45) is 0. The zero-order valence-electron chi connectivity index (χ0n) is 9.19. The number of hydrogen-bond acceptors (Lipinski definition) is 4. The zero-order valence-corrected chi connectivity index (χ0v) is 11.5. The number of rotatable bonds is 4. The first-order valence-corrected chi connectivity index (χ1v) is 6.20. The highest BCUT2D eigenvalue weighted by Gasteiger charge is 2.05. The molecule has 1 heterocycles. The monoisotopic (exact) mass is 315 g/mol. The van der Waals surface area contributed by atoms with Crippen molar-refractivity contribution in [3.8, 4) is 0 Å². The average Bonchev–Trinajstić information content (AvgIpc) is 2.69. The molecule has 0 radical (unpaired) electrons. The molecule has 17 heavy (non-hydrogen) atoms. The first-order chi connectivity index (χ1) is 8.16. The number of benzene rings is 1. The van der Waals surface area contributed by atoms with Crippen molar-refractivity contribution in [2.75, 3.05) is 0 Å². The summed E-state index contributed by atoms with van der Waals surface area (Å²) >= 11 is 9.56. The van der Waals surface area contributed by atoms with Crippen molar-refractivity contribution in [3.05, 3.63) is 39.1 Å². The summed E-state index contributed by atoms with van der Waals surface area (Å²) in [5, 5.41) is 15.7. The highest BCUT2D eigenvalue weighted by Crippen LogP contribution is 2.24.